The smallest absolute Gasteiger partial charge is 0.331 e. The van der Waals surface area contributed by atoms with E-state index < -0.39 is 18.0 Å². The maximum absolute atomic E-state index is 12.1. The maximum Gasteiger partial charge on any atom is 0.331 e. The average Bonchev–Trinajstić information content (AvgIpc) is 2.67. The van der Waals surface area contributed by atoms with E-state index in [1.165, 1.54) is 20.1 Å². The van der Waals surface area contributed by atoms with Crippen molar-refractivity contribution in [2.45, 2.75) is 13.0 Å². The fourth-order valence-electron chi connectivity index (χ4n) is 2.16. The third-order valence-corrected chi connectivity index (χ3v) is 3.87. The number of halogens is 1. The fraction of sp³-hybridized carbons (Fsp3) is 0.200. The number of hydrogen-bond donors (Lipinski definition) is 1. The first-order valence-corrected chi connectivity index (χ1v) is 8.48. The number of hydrogen-bond acceptors (Lipinski definition) is 5. The first kappa shape index (κ1) is 20.3. The second-order valence-electron chi connectivity index (χ2n) is 5.52. The summed E-state index contributed by atoms with van der Waals surface area (Å²) in [6, 6.07) is 11.8. The average molecular weight is 390 g/mol. The van der Waals surface area contributed by atoms with E-state index in [-0.39, 0.29) is 0 Å². The second kappa shape index (κ2) is 9.64. The van der Waals surface area contributed by atoms with Crippen LogP contribution in [-0.2, 0) is 14.3 Å². The van der Waals surface area contributed by atoms with E-state index in [0.29, 0.717) is 27.8 Å². The molecule has 0 bridgehead atoms. The van der Waals surface area contributed by atoms with Gasteiger partial charge in [0.15, 0.2) is 6.10 Å². The molecule has 0 radical (unpaired) electrons. The Labute approximate surface area is 162 Å². The van der Waals surface area contributed by atoms with Crippen LogP contribution in [0.2, 0.25) is 5.02 Å². The highest BCUT2D eigenvalue weighted by molar-refractivity contribution is 6.30. The molecule has 0 aliphatic carbocycles. The molecule has 0 heterocycles. The third-order valence-electron chi connectivity index (χ3n) is 3.61. The molecule has 2 rings (SSSR count). The van der Waals surface area contributed by atoms with Gasteiger partial charge in [0, 0.05) is 28.4 Å². The first-order valence-electron chi connectivity index (χ1n) is 8.10. The molecule has 2 aromatic carbocycles. The van der Waals surface area contributed by atoms with Crippen molar-refractivity contribution in [3.05, 3.63) is 59.1 Å². The summed E-state index contributed by atoms with van der Waals surface area (Å²) in [6.45, 7) is 1.49. The maximum atomic E-state index is 12.1. The van der Waals surface area contributed by atoms with Crippen molar-refractivity contribution >= 4 is 35.2 Å². The topological polar surface area (TPSA) is 73.9 Å². The number of carbonyl (C=O) groups is 2. The number of esters is 1. The van der Waals surface area contributed by atoms with Crippen LogP contribution in [-0.4, -0.2) is 32.2 Å². The predicted molar refractivity (Wildman–Crippen MR) is 104 cm³/mol. The number of rotatable bonds is 7. The van der Waals surface area contributed by atoms with Gasteiger partial charge in [-0.2, -0.15) is 0 Å². The SMILES string of the molecule is COc1ccc(/C=C/C(=O)OC(C)C(=O)Nc2ccc(Cl)cc2)c(OC)c1. The summed E-state index contributed by atoms with van der Waals surface area (Å²) in [5.41, 5.74) is 1.24. The Kier molecular flexibility index (Phi) is 7.25. The Morgan fingerprint density at radius 2 is 1.78 bits per heavy atom. The molecule has 0 aromatic heterocycles. The van der Waals surface area contributed by atoms with Crippen molar-refractivity contribution in [1.82, 2.24) is 0 Å². The van der Waals surface area contributed by atoms with Crippen molar-refractivity contribution in [3.63, 3.8) is 0 Å². The molecule has 0 fully saturated rings. The number of amides is 1. The number of anilines is 1. The fourth-order valence-corrected chi connectivity index (χ4v) is 2.28. The lowest BCUT2D eigenvalue weighted by Gasteiger charge is -2.12. The molecule has 1 amide bonds. The highest BCUT2D eigenvalue weighted by Crippen LogP contribution is 2.25. The summed E-state index contributed by atoms with van der Waals surface area (Å²) in [5.74, 6) is 0.0960. The highest BCUT2D eigenvalue weighted by Gasteiger charge is 2.16. The number of benzene rings is 2. The number of nitrogens with one attached hydrogen (secondary N) is 1. The molecule has 6 nitrogen and oxygen atoms in total. The highest BCUT2D eigenvalue weighted by atomic mass is 35.5. The lowest BCUT2D eigenvalue weighted by Crippen LogP contribution is -2.29. The Morgan fingerprint density at radius 3 is 2.41 bits per heavy atom. The van der Waals surface area contributed by atoms with Crippen molar-refractivity contribution in [3.8, 4) is 11.5 Å². The minimum atomic E-state index is -0.962. The summed E-state index contributed by atoms with van der Waals surface area (Å²) in [4.78, 5) is 24.1. The first-order chi connectivity index (χ1) is 12.9. The molecular formula is C20H20ClNO5. The minimum Gasteiger partial charge on any atom is -0.497 e. The van der Waals surface area contributed by atoms with Gasteiger partial charge >= 0.3 is 5.97 Å². The van der Waals surface area contributed by atoms with Gasteiger partial charge in [0.2, 0.25) is 0 Å². The summed E-state index contributed by atoms with van der Waals surface area (Å²) in [7, 11) is 3.08. The van der Waals surface area contributed by atoms with Gasteiger partial charge < -0.3 is 19.5 Å². The van der Waals surface area contributed by atoms with Crippen LogP contribution in [0, 0.1) is 0 Å². The van der Waals surface area contributed by atoms with Crippen LogP contribution < -0.4 is 14.8 Å². The van der Waals surface area contributed by atoms with Crippen LogP contribution >= 0.6 is 11.6 Å². The van der Waals surface area contributed by atoms with Gasteiger partial charge in [-0.15, -0.1) is 0 Å². The standard InChI is InChI=1S/C20H20ClNO5/c1-13(20(24)22-16-8-6-15(21)7-9-16)27-19(23)11-5-14-4-10-17(25-2)12-18(14)26-3/h4-13H,1-3H3,(H,22,24)/b11-5+. The van der Waals surface area contributed by atoms with E-state index in [1.807, 2.05) is 0 Å². The molecule has 27 heavy (non-hydrogen) atoms. The second-order valence-corrected chi connectivity index (χ2v) is 5.95. The van der Waals surface area contributed by atoms with Gasteiger partial charge in [0.1, 0.15) is 11.5 Å². The molecule has 0 aliphatic rings. The monoisotopic (exact) mass is 389 g/mol. The number of carbonyl (C=O) groups excluding carboxylic acids is 2. The largest absolute Gasteiger partial charge is 0.497 e. The van der Waals surface area contributed by atoms with E-state index in [9.17, 15) is 9.59 Å². The summed E-state index contributed by atoms with van der Waals surface area (Å²) in [6.07, 6.45) is 1.82. The summed E-state index contributed by atoms with van der Waals surface area (Å²) >= 11 is 5.80. The number of methoxy groups -OCH3 is 2. The van der Waals surface area contributed by atoms with Crippen molar-refractivity contribution in [1.29, 1.82) is 0 Å². The predicted octanol–water partition coefficient (Wildman–Crippen LogP) is 3.94. The quantitative estimate of drug-likeness (QED) is 0.573. The van der Waals surface area contributed by atoms with Crippen LogP contribution in [0.25, 0.3) is 6.08 Å². The van der Waals surface area contributed by atoms with Crippen molar-refractivity contribution in [2.75, 3.05) is 19.5 Å². The molecular weight excluding hydrogens is 370 g/mol. The van der Waals surface area contributed by atoms with Gasteiger partial charge in [-0.3, -0.25) is 4.79 Å². The van der Waals surface area contributed by atoms with Crippen molar-refractivity contribution < 1.29 is 23.8 Å². The molecule has 1 unspecified atom stereocenters. The van der Waals surface area contributed by atoms with Gasteiger partial charge in [-0.1, -0.05) is 11.6 Å². The molecule has 142 valence electrons. The number of ether oxygens (including phenoxy) is 3. The molecule has 0 spiro atoms. The molecule has 0 aliphatic heterocycles. The molecule has 7 heteroatoms. The molecule has 0 saturated carbocycles. The van der Waals surface area contributed by atoms with Crippen LogP contribution in [0.3, 0.4) is 0 Å². The van der Waals surface area contributed by atoms with Gasteiger partial charge in [-0.25, -0.2) is 4.79 Å². The van der Waals surface area contributed by atoms with E-state index in [1.54, 1.807) is 55.7 Å². The van der Waals surface area contributed by atoms with Crippen LogP contribution in [0.5, 0.6) is 11.5 Å². The van der Waals surface area contributed by atoms with Crippen molar-refractivity contribution in [2.24, 2.45) is 0 Å². The zero-order valence-corrected chi connectivity index (χ0v) is 15.9. The van der Waals surface area contributed by atoms with E-state index >= 15 is 0 Å². The van der Waals surface area contributed by atoms with Crippen LogP contribution in [0.1, 0.15) is 12.5 Å². The molecule has 2 aromatic rings. The van der Waals surface area contributed by atoms with Crippen LogP contribution in [0.4, 0.5) is 5.69 Å². The lowest BCUT2D eigenvalue weighted by molar-refractivity contribution is -0.148. The van der Waals surface area contributed by atoms with E-state index in [0.717, 1.165) is 0 Å². The summed E-state index contributed by atoms with van der Waals surface area (Å²) < 4.78 is 15.5. The Morgan fingerprint density at radius 1 is 1.07 bits per heavy atom. The molecule has 1 N–H and O–H groups in total. The Balaban J connectivity index is 1.95. The zero-order valence-electron chi connectivity index (χ0n) is 15.2. The van der Waals surface area contributed by atoms with Gasteiger partial charge in [0.05, 0.1) is 14.2 Å². The van der Waals surface area contributed by atoms with Gasteiger partial charge in [0.25, 0.3) is 5.91 Å². The molecule has 0 saturated heterocycles. The third kappa shape index (κ3) is 6.04. The lowest BCUT2D eigenvalue weighted by atomic mass is 10.1. The molecule has 1 atom stereocenters. The van der Waals surface area contributed by atoms with Crippen LogP contribution in [0.15, 0.2) is 48.5 Å². The Hall–Kier alpha value is -2.99. The zero-order chi connectivity index (χ0) is 19.8. The minimum absolute atomic E-state index is 0.443. The van der Waals surface area contributed by atoms with Gasteiger partial charge in [-0.05, 0) is 49.4 Å². The Bertz CT molecular complexity index is 833. The van der Waals surface area contributed by atoms with E-state index in [2.05, 4.69) is 5.32 Å². The normalized spacial score (nSPS) is 11.7. The summed E-state index contributed by atoms with van der Waals surface area (Å²) in [5, 5.41) is 3.21. The van der Waals surface area contributed by atoms with E-state index in [4.69, 9.17) is 25.8 Å².